The van der Waals surface area contributed by atoms with Gasteiger partial charge in [0, 0.05) is 31.9 Å². The second kappa shape index (κ2) is 5.47. The van der Waals surface area contributed by atoms with Gasteiger partial charge in [0.05, 0.1) is 0 Å². The van der Waals surface area contributed by atoms with Crippen molar-refractivity contribution in [2.45, 2.75) is 19.4 Å². The first-order valence-corrected chi connectivity index (χ1v) is 6.31. The Morgan fingerprint density at radius 2 is 2.29 bits per heavy atom. The molecule has 1 aliphatic heterocycles. The molecule has 1 fully saturated rings. The van der Waals surface area contributed by atoms with Crippen LogP contribution in [0.1, 0.15) is 12.5 Å². The average Bonchev–Trinajstić information content (AvgIpc) is 2.31. The van der Waals surface area contributed by atoms with E-state index >= 15 is 0 Å². The van der Waals surface area contributed by atoms with E-state index in [0.29, 0.717) is 12.6 Å². The van der Waals surface area contributed by atoms with Crippen LogP contribution in [0.2, 0.25) is 0 Å². The fourth-order valence-corrected chi connectivity index (χ4v) is 2.49. The topological polar surface area (TPSA) is 45.4 Å². The van der Waals surface area contributed by atoms with Gasteiger partial charge in [0.2, 0.25) is 0 Å². The molecule has 17 heavy (non-hydrogen) atoms. The quantitative estimate of drug-likeness (QED) is 0.837. The van der Waals surface area contributed by atoms with E-state index in [2.05, 4.69) is 34.8 Å². The third-order valence-corrected chi connectivity index (χ3v) is 3.38. The number of aromatic nitrogens is 1. The van der Waals surface area contributed by atoms with Gasteiger partial charge >= 0.3 is 0 Å². The lowest BCUT2D eigenvalue weighted by molar-refractivity contribution is 0.274. The molecule has 2 N–H and O–H groups in total. The first-order valence-electron chi connectivity index (χ1n) is 6.31. The third kappa shape index (κ3) is 2.76. The average molecular weight is 234 g/mol. The number of rotatable bonds is 3. The number of hydrogen-bond donors (Lipinski definition) is 1. The number of anilines is 1. The Kier molecular flexibility index (Phi) is 3.97. The van der Waals surface area contributed by atoms with E-state index in [1.54, 1.807) is 0 Å². The fourth-order valence-electron chi connectivity index (χ4n) is 2.49. The smallest absolute Gasteiger partial charge is 0.132 e. The van der Waals surface area contributed by atoms with Crippen LogP contribution in [0.3, 0.4) is 0 Å². The molecule has 0 amide bonds. The standard InChI is InChI=1S/C13H22N4/c1-11-10-16(2)8-9-17(11)13-12(5-6-14)4-3-7-15-13/h3-4,7,11H,5-6,8-10,14H2,1-2H3. The molecule has 1 aromatic rings. The van der Waals surface area contributed by atoms with Gasteiger partial charge in [0.1, 0.15) is 5.82 Å². The number of piperazine rings is 1. The summed E-state index contributed by atoms with van der Waals surface area (Å²) in [6.45, 7) is 6.19. The maximum atomic E-state index is 5.66. The van der Waals surface area contributed by atoms with E-state index in [1.165, 1.54) is 5.56 Å². The van der Waals surface area contributed by atoms with Gasteiger partial charge in [-0.15, -0.1) is 0 Å². The zero-order chi connectivity index (χ0) is 12.3. The minimum absolute atomic E-state index is 0.514. The Hall–Kier alpha value is -1.13. The molecule has 94 valence electrons. The number of hydrogen-bond acceptors (Lipinski definition) is 4. The summed E-state index contributed by atoms with van der Waals surface area (Å²) >= 11 is 0. The number of nitrogens with zero attached hydrogens (tertiary/aromatic N) is 3. The van der Waals surface area contributed by atoms with E-state index in [0.717, 1.165) is 31.9 Å². The molecule has 0 radical (unpaired) electrons. The van der Waals surface area contributed by atoms with Gasteiger partial charge in [-0.3, -0.25) is 0 Å². The maximum absolute atomic E-state index is 5.66. The van der Waals surface area contributed by atoms with Crippen LogP contribution in [0.4, 0.5) is 5.82 Å². The number of nitrogens with two attached hydrogens (primary N) is 1. The van der Waals surface area contributed by atoms with E-state index in [1.807, 2.05) is 12.3 Å². The van der Waals surface area contributed by atoms with Crippen molar-refractivity contribution in [2.24, 2.45) is 5.73 Å². The van der Waals surface area contributed by atoms with Gasteiger partial charge in [-0.2, -0.15) is 0 Å². The van der Waals surface area contributed by atoms with Crippen LogP contribution < -0.4 is 10.6 Å². The lowest BCUT2D eigenvalue weighted by Crippen LogP contribution is -2.51. The molecule has 1 unspecified atom stereocenters. The summed E-state index contributed by atoms with van der Waals surface area (Å²) in [5, 5.41) is 0. The summed E-state index contributed by atoms with van der Waals surface area (Å²) in [4.78, 5) is 9.32. The predicted octanol–water partition coefficient (Wildman–Crippen LogP) is 0.723. The highest BCUT2D eigenvalue weighted by atomic mass is 15.3. The summed E-state index contributed by atoms with van der Waals surface area (Å²) in [6.07, 6.45) is 2.78. The molecule has 1 aliphatic rings. The zero-order valence-corrected chi connectivity index (χ0v) is 10.8. The lowest BCUT2D eigenvalue weighted by atomic mass is 10.1. The van der Waals surface area contributed by atoms with Gasteiger partial charge in [0.25, 0.3) is 0 Å². The lowest BCUT2D eigenvalue weighted by Gasteiger charge is -2.39. The minimum atomic E-state index is 0.514. The zero-order valence-electron chi connectivity index (χ0n) is 10.8. The normalized spacial score (nSPS) is 21.8. The third-order valence-electron chi connectivity index (χ3n) is 3.38. The second-order valence-electron chi connectivity index (χ2n) is 4.83. The Balaban J connectivity index is 2.21. The molecular weight excluding hydrogens is 212 g/mol. The first kappa shape index (κ1) is 12.3. The molecule has 1 atom stereocenters. The Labute approximate surface area is 103 Å². The molecular formula is C13H22N4. The summed E-state index contributed by atoms with van der Waals surface area (Å²) < 4.78 is 0. The van der Waals surface area contributed by atoms with Crippen LogP contribution in [0.5, 0.6) is 0 Å². The molecule has 1 saturated heterocycles. The van der Waals surface area contributed by atoms with Crippen LogP contribution in [0.25, 0.3) is 0 Å². The molecule has 2 rings (SSSR count). The van der Waals surface area contributed by atoms with Crippen molar-refractivity contribution in [1.29, 1.82) is 0 Å². The van der Waals surface area contributed by atoms with Crippen LogP contribution in [0.15, 0.2) is 18.3 Å². The SMILES string of the molecule is CC1CN(C)CCN1c1ncccc1CCN. The molecule has 4 heteroatoms. The van der Waals surface area contributed by atoms with E-state index < -0.39 is 0 Å². The van der Waals surface area contributed by atoms with Gasteiger partial charge in [-0.05, 0) is 38.6 Å². The van der Waals surface area contributed by atoms with Crippen LogP contribution in [-0.4, -0.2) is 49.2 Å². The molecule has 0 spiro atoms. The van der Waals surface area contributed by atoms with Crippen molar-refractivity contribution in [3.63, 3.8) is 0 Å². The first-order chi connectivity index (χ1) is 8.22. The number of pyridine rings is 1. The highest BCUT2D eigenvalue weighted by Crippen LogP contribution is 2.22. The van der Waals surface area contributed by atoms with Crippen molar-refractivity contribution in [3.8, 4) is 0 Å². The summed E-state index contributed by atoms with van der Waals surface area (Å²) in [5.41, 5.74) is 6.93. The monoisotopic (exact) mass is 234 g/mol. The summed E-state index contributed by atoms with van der Waals surface area (Å²) in [6, 6.07) is 4.65. The minimum Gasteiger partial charge on any atom is -0.351 e. The second-order valence-corrected chi connectivity index (χ2v) is 4.83. The van der Waals surface area contributed by atoms with Crippen molar-refractivity contribution < 1.29 is 0 Å². The highest BCUT2D eigenvalue weighted by Gasteiger charge is 2.23. The molecule has 0 saturated carbocycles. The largest absolute Gasteiger partial charge is 0.351 e. The summed E-state index contributed by atoms with van der Waals surface area (Å²) in [7, 11) is 2.17. The van der Waals surface area contributed by atoms with Crippen LogP contribution in [-0.2, 0) is 6.42 Å². The summed E-state index contributed by atoms with van der Waals surface area (Å²) in [5.74, 6) is 1.12. The predicted molar refractivity (Wildman–Crippen MR) is 71.3 cm³/mol. The van der Waals surface area contributed by atoms with Crippen molar-refractivity contribution in [2.75, 3.05) is 38.1 Å². The van der Waals surface area contributed by atoms with Crippen molar-refractivity contribution in [3.05, 3.63) is 23.9 Å². The molecule has 0 bridgehead atoms. The van der Waals surface area contributed by atoms with E-state index in [4.69, 9.17) is 5.73 Å². The van der Waals surface area contributed by atoms with E-state index in [9.17, 15) is 0 Å². The number of likely N-dealkylation sites (N-methyl/N-ethyl adjacent to an activating group) is 1. The van der Waals surface area contributed by atoms with E-state index in [-0.39, 0.29) is 0 Å². The fraction of sp³-hybridized carbons (Fsp3) is 0.615. The maximum Gasteiger partial charge on any atom is 0.132 e. The van der Waals surface area contributed by atoms with Crippen LogP contribution >= 0.6 is 0 Å². The molecule has 0 aliphatic carbocycles. The van der Waals surface area contributed by atoms with Gasteiger partial charge in [-0.1, -0.05) is 6.07 Å². The Morgan fingerprint density at radius 3 is 3.00 bits per heavy atom. The molecule has 1 aromatic heterocycles. The Bertz CT molecular complexity index is 366. The van der Waals surface area contributed by atoms with Crippen molar-refractivity contribution >= 4 is 5.82 Å². The molecule has 4 nitrogen and oxygen atoms in total. The Morgan fingerprint density at radius 1 is 1.47 bits per heavy atom. The molecule has 0 aromatic carbocycles. The van der Waals surface area contributed by atoms with Gasteiger partial charge < -0.3 is 15.5 Å². The van der Waals surface area contributed by atoms with Crippen LogP contribution in [0, 0.1) is 0 Å². The van der Waals surface area contributed by atoms with Gasteiger partial charge in [-0.25, -0.2) is 4.98 Å². The highest BCUT2D eigenvalue weighted by molar-refractivity contribution is 5.48. The van der Waals surface area contributed by atoms with Gasteiger partial charge in [0.15, 0.2) is 0 Å². The molecule has 2 heterocycles. The van der Waals surface area contributed by atoms with Crippen molar-refractivity contribution in [1.82, 2.24) is 9.88 Å².